The van der Waals surface area contributed by atoms with E-state index in [2.05, 4.69) is 30.9 Å². The molecule has 1 rings (SSSR count). The van der Waals surface area contributed by atoms with Crippen LogP contribution in [0.4, 0.5) is 0 Å². The van der Waals surface area contributed by atoms with Gasteiger partial charge >= 0.3 is 0 Å². The van der Waals surface area contributed by atoms with Crippen molar-refractivity contribution in [3.63, 3.8) is 0 Å². The molecule has 0 bridgehead atoms. The first-order chi connectivity index (χ1) is 6.13. The highest BCUT2D eigenvalue weighted by molar-refractivity contribution is 5.30. The third-order valence-corrected chi connectivity index (χ3v) is 2.06. The third kappa shape index (κ3) is 2.83. The molecule has 72 valence electrons. The van der Waals surface area contributed by atoms with Crippen molar-refractivity contribution in [2.75, 3.05) is 0 Å². The first-order valence-corrected chi connectivity index (χ1v) is 4.50. The van der Waals surface area contributed by atoms with Crippen molar-refractivity contribution in [3.05, 3.63) is 34.9 Å². The van der Waals surface area contributed by atoms with Crippen LogP contribution in [0.15, 0.2) is 18.2 Å². The summed E-state index contributed by atoms with van der Waals surface area (Å²) in [6.07, 6.45) is 0. The van der Waals surface area contributed by atoms with Gasteiger partial charge < -0.3 is 0 Å². The summed E-state index contributed by atoms with van der Waals surface area (Å²) < 4.78 is 0. The molecule has 1 aromatic carbocycles. The SMILES string of the molecule is Cc1cc(COO)cc(C(C)C)c1. The normalized spacial score (nSPS) is 10.8. The van der Waals surface area contributed by atoms with Crippen molar-refractivity contribution < 1.29 is 10.1 Å². The lowest BCUT2D eigenvalue weighted by Gasteiger charge is -2.09. The highest BCUT2D eigenvalue weighted by Gasteiger charge is 2.02. The summed E-state index contributed by atoms with van der Waals surface area (Å²) in [5.74, 6) is 0.511. The van der Waals surface area contributed by atoms with Crippen LogP contribution in [0.3, 0.4) is 0 Å². The zero-order valence-corrected chi connectivity index (χ0v) is 8.37. The number of aryl methyl sites for hydroxylation is 1. The number of rotatable bonds is 3. The van der Waals surface area contributed by atoms with E-state index < -0.39 is 0 Å². The molecule has 2 heteroatoms. The predicted molar refractivity (Wildman–Crippen MR) is 52.7 cm³/mol. The van der Waals surface area contributed by atoms with Gasteiger partial charge in [0, 0.05) is 0 Å². The Morgan fingerprint density at radius 1 is 1.31 bits per heavy atom. The summed E-state index contributed by atoms with van der Waals surface area (Å²) in [7, 11) is 0. The van der Waals surface area contributed by atoms with Gasteiger partial charge in [0.15, 0.2) is 0 Å². The van der Waals surface area contributed by atoms with E-state index in [-0.39, 0.29) is 6.61 Å². The molecule has 0 amide bonds. The van der Waals surface area contributed by atoms with E-state index in [1.54, 1.807) is 0 Å². The molecule has 0 saturated carbocycles. The van der Waals surface area contributed by atoms with E-state index in [0.29, 0.717) is 5.92 Å². The minimum Gasteiger partial charge on any atom is -0.251 e. The van der Waals surface area contributed by atoms with Crippen molar-refractivity contribution in [2.24, 2.45) is 0 Å². The maximum atomic E-state index is 8.34. The Kier molecular flexibility index (Phi) is 3.46. The Morgan fingerprint density at radius 3 is 2.54 bits per heavy atom. The van der Waals surface area contributed by atoms with Gasteiger partial charge in [0.2, 0.25) is 0 Å². The Morgan fingerprint density at radius 2 is 2.00 bits per heavy atom. The van der Waals surface area contributed by atoms with Gasteiger partial charge in [0.1, 0.15) is 6.61 Å². The molecular weight excluding hydrogens is 164 g/mol. The second-order valence-electron chi connectivity index (χ2n) is 3.68. The molecule has 1 aromatic rings. The predicted octanol–water partition coefficient (Wildman–Crippen LogP) is 3.11. The van der Waals surface area contributed by atoms with Gasteiger partial charge in [-0.1, -0.05) is 37.6 Å². The molecule has 0 unspecified atom stereocenters. The average Bonchev–Trinajstić information content (AvgIpc) is 2.03. The molecule has 1 N–H and O–H groups in total. The smallest absolute Gasteiger partial charge is 0.107 e. The van der Waals surface area contributed by atoms with E-state index in [0.717, 1.165) is 5.56 Å². The average molecular weight is 180 g/mol. The van der Waals surface area contributed by atoms with Gasteiger partial charge in [-0.25, -0.2) is 4.89 Å². The maximum Gasteiger partial charge on any atom is 0.107 e. The first-order valence-electron chi connectivity index (χ1n) is 4.50. The van der Waals surface area contributed by atoms with Gasteiger partial charge in [-0.3, -0.25) is 5.26 Å². The fourth-order valence-electron chi connectivity index (χ4n) is 1.39. The van der Waals surface area contributed by atoms with Crippen LogP contribution in [-0.4, -0.2) is 5.26 Å². The highest BCUT2D eigenvalue weighted by Crippen LogP contribution is 2.18. The van der Waals surface area contributed by atoms with Gasteiger partial charge in [0.05, 0.1) is 0 Å². The zero-order valence-electron chi connectivity index (χ0n) is 8.37. The maximum absolute atomic E-state index is 8.34. The molecule has 0 saturated heterocycles. The number of benzene rings is 1. The second kappa shape index (κ2) is 4.40. The molecule has 0 fully saturated rings. The van der Waals surface area contributed by atoms with Crippen LogP contribution in [0, 0.1) is 6.92 Å². The summed E-state index contributed by atoms with van der Waals surface area (Å²) >= 11 is 0. The molecular formula is C11H16O2. The van der Waals surface area contributed by atoms with Crippen molar-refractivity contribution in [2.45, 2.75) is 33.3 Å². The van der Waals surface area contributed by atoms with E-state index in [1.807, 2.05) is 13.0 Å². The van der Waals surface area contributed by atoms with Crippen LogP contribution in [0.5, 0.6) is 0 Å². The molecule has 0 aliphatic heterocycles. The fraction of sp³-hybridized carbons (Fsp3) is 0.455. The summed E-state index contributed by atoms with van der Waals surface area (Å²) in [6, 6.07) is 6.24. The Balaban J connectivity index is 2.96. The van der Waals surface area contributed by atoms with Crippen molar-refractivity contribution in [3.8, 4) is 0 Å². The summed E-state index contributed by atoms with van der Waals surface area (Å²) in [5.41, 5.74) is 3.51. The lowest BCUT2D eigenvalue weighted by molar-refractivity contribution is -0.253. The Labute approximate surface area is 79.1 Å². The van der Waals surface area contributed by atoms with Crippen LogP contribution < -0.4 is 0 Å². The van der Waals surface area contributed by atoms with Crippen LogP contribution >= 0.6 is 0 Å². The summed E-state index contributed by atoms with van der Waals surface area (Å²) in [4.78, 5) is 4.12. The van der Waals surface area contributed by atoms with E-state index in [9.17, 15) is 0 Å². The lowest BCUT2D eigenvalue weighted by atomic mass is 9.98. The van der Waals surface area contributed by atoms with Gasteiger partial charge in [-0.2, -0.15) is 0 Å². The fourth-order valence-corrected chi connectivity index (χ4v) is 1.39. The summed E-state index contributed by atoms with van der Waals surface area (Å²) in [6.45, 7) is 6.62. The quantitative estimate of drug-likeness (QED) is 0.572. The summed E-state index contributed by atoms with van der Waals surface area (Å²) in [5, 5.41) is 8.34. The third-order valence-electron chi connectivity index (χ3n) is 2.06. The standard InChI is InChI=1S/C11H16O2/c1-8(2)11-5-9(3)4-10(6-11)7-13-12/h4-6,8,12H,7H2,1-3H3. The molecule has 13 heavy (non-hydrogen) atoms. The van der Waals surface area contributed by atoms with Crippen LogP contribution in [0.2, 0.25) is 0 Å². The van der Waals surface area contributed by atoms with E-state index in [4.69, 9.17) is 5.26 Å². The molecule has 2 nitrogen and oxygen atoms in total. The van der Waals surface area contributed by atoms with E-state index >= 15 is 0 Å². The first kappa shape index (κ1) is 10.2. The zero-order chi connectivity index (χ0) is 9.84. The largest absolute Gasteiger partial charge is 0.251 e. The highest BCUT2D eigenvalue weighted by atomic mass is 17.1. The monoisotopic (exact) mass is 180 g/mol. The molecule has 0 spiro atoms. The van der Waals surface area contributed by atoms with Crippen LogP contribution in [0.1, 0.15) is 36.5 Å². The molecule has 0 aliphatic carbocycles. The molecule has 0 heterocycles. The van der Waals surface area contributed by atoms with Gasteiger partial charge in [-0.05, 0) is 24.0 Å². The topological polar surface area (TPSA) is 29.5 Å². The van der Waals surface area contributed by atoms with Crippen LogP contribution in [-0.2, 0) is 11.5 Å². The van der Waals surface area contributed by atoms with Gasteiger partial charge in [-0.15, -0.1) is 0 Å². The molecule has 0 aliphatic rings. The van der Waals surface area contributed by atoms with Crippen LogP contribution in [0.25, 0.3) is 0 Å². The molecule has 0 atom stereocenters. The number of hydrogen-bond donors (Lipinski definition) is 1. The lowest BCUT2D eigenvalue weighted by Crippen LogP contribution is -1.94. The Hall–Kier alpha value is -0.860. The van der Waals surface area contributed by atoms with Crippen molar-refractivity contribution in [1.29, 1.82) is 0 Å². The molecule has 0 radical (unpaired) electrons. The van der Waals surface area contributed by atoms with Crippen molar-refractivity contribution in [1.82, 2.24) is 0 Å². The minimum absolute atomic E-state index is 0.265. The Bertz CT molecular complexity index is 279. The minimum atomic E-state index is 0.265. The van der Waals surface area contributed by atoms with Gasteiger partial charge in [0.25, 0.3) is 0 Å². The number of hydrogen-bond acceptors (Lipinski definition) is 2. The van der Waals surface area contributed by atoms with Crippen molar-refractivity contribution >= 4 is 0 Å². The van der Waals surface area contributed by atoms with E-state index in [1.165, 1.54) is 11.1 Å². The molecule has 0 aromatic heterocycles. The second-order valence-corrected chi connectivity index (χ2v) is 3.68.